The van der Waals surface area contributed by atoms with Crippen molar-refractivity contribution in [3.8, 4) is 28.5 Å². The number of methoxy groups -OCH3 is 3. The van der Waals surface area contributed by atoms with E-state index >= 15 is 0 Å². The van der Waals surface area contributed by atoms with Crippen LogP contribution in [0.4, 0.5) is 5.13 Å². The SMILES string of the molecule is COc1ccc(S(=O)(=O)C2CCN(c3nc(-c4ccccc4OC)cs3)CC2)c(OC)c1. The number of benzene rings is 2. The van der Waals surface area contributed by atoms with Gasteiger partial charge >= 0.3 is 0 Å². The quantitative estimate of drug-likeness (QED) is 0.506. The molecule has 0 amide bonds. The number of rotatable bonds is 7. The van der Waals surface area contributed by atoms with Crippen molar-refractivity contribution in [1.82, 2.24) is 4.98 Å². The fourth-order valence-electron chi connectivity index (χ4n) is 3.94. The summed E-state index contributed by atoms with van der Waals surface area (Å²) >= 11 is 1.56. The van der Waals surface area contributed by atoms with Gasteiger partial charge in [-0.15, -0.1) is 11.3 Å². The van der Waals surface area contributed by atoms with E-state index in [1.54, 1.807) is 36.6 Å². The molecule has 2 aromatic carbocycles. The Morgan fingerprint density at radius 1 is 0.969 bits per heavy atom. The lowest BCUT2D eigenvalue weighted by atomic mass is 10.1. The van der Waals surface area contributed by atoms with Crippen molar-refractivity contribution in [3.63, 3.8) is 0 Å². The largest absolute Gasteiger partial charge is 0.497 e. The fraction of sp³-hybridized carbons (Fsp3) is 0.348. The van der Waals surface area contributed by atoms with Crippen molar-refractivity contribution >= 4 is 26.3 Å². The van der Waals surface area contributed by atoms with Gasteiger partial charge in [-0.25, -0.2) is 13.4 Å². The van der Waals surface area contributed by atoms with Crippen LogP contribution in [0.15, 0.2) is 52.7 Å². The molecule has 0 spiro atoms. The average molecular weight is 475 g/mol. The van der Waals surface area contributed by atoms with Gasteiger partial charge in [0.2, 0.25) is 0 Å². The lowest BCUT2D eigenvalue weighted by Gasteiger charge is -2.31. The van der Waals surface area contributed by atoms with Crippen LogP contribution in [0.25, 0.3) is 11.3 Å². The minimum Gasteiger partial charge on any atom is -0.497 e. The van der Waals surface area contributed by atoms with E-state index in [-0.39, 0.29) is 4.90 Å². The Hall–Kier alpha value is -2.78. The first kappa shape index (κ1) is 22.4. The first-order valence-corrected chi connectivity index (χ1v) is 12.7. The Morgan fingerprint density at radius 3 is 2.38 bits per heavy atom. The molecule has 0 saturated carbocycles. The molecule has 1 saturated heterocycles. The number of hydrogen-bond acceptors (Lipinski definition) is 8. The summed E-state index contributed by atoms with van der Waals surface area (Å²) in [6, 6.07) is 12.6. The fourth-order valence-corrected chi connectivity index (χ4v) is 6.69. The Bertz CT molecular complexity index is 1180. The number of thiazole rings is 1. The van der Waals surface area contributed by atoms with Crippen molar-refractivity contribution in [2.75, 3.05) is 39.3 Å². The highest BCUT2D eigenvalue weighted by Gasteiger charge is 2.34. The topological polar surface area (TPSA) is 78.0 Å². The highest BCUT2D eigenvalue weighted by Crippen LogP contribution is 2.37. The van der Waals surface area contributed by atoms with E-state index in [0.717, 1.165) is 22.1 Å². The first-order valence-electron chi connectivity index (χ1n) is 10.3. The van der Waals surface area contributed by atoms with Gasteiger partial charge in [0.05, 0.1) is 32.3 Å². The summed E-state index contributed by atoms with van der Waals surface area (Å²) in [7, 11) is 1.13. The van der Waals surface area contributed by atoms with Crippen molar-refractivity contribution in [2.45, 2.75) is 23.0 Å². The second-order valence-electron chi connectivity index (χ2n) is 7.46. The maximum atomic E-state index is 13.3. The molecule has 9 heteroatoms. The zero-order valence-corrected chi connectivity index (χ0v) is 19.9. The molecule has 0 unspecified atom stereocenters. The van der Waals surface area contributed by atoms with Crippen LogP contribution in [-0.4, -0.2) is 53.1 Å². The lowest BCUT2D eigenvalue weighted by molar-refractivity contribution is 0.385. The van der Waals surface area contributed by atoms with Gasteiger partial charge < -0.3 is 19.1 Å². The number of sulfone groups is 1. The van der Waals surface area contributed by atoms with Gasteiger partial charge in [0.1, 0.15) is 22.1 Å². The summed E-state index contributed by atoms with van der Waals surface area (Å²) in [5.74, 6) is 1.65. The molecule has 32 heavy (non-hydrogen) atoms. The predicted octanol–water partition coefficient (Wildman–Crippen LogP) is 4.28. The Balaban J connectivity index is 1.49. The zero-order valence-electron chi connectivity index (χ0n) is 18.3. The summed E-state index contributed by atoms with van der Waals surface area (Å²) < 4.78 is 42.6. The predicted molar refractivity (Wildman–Crippen MR) is 126 cm³/mol. The number of para-hydroxylation sites is 1. The Labute approximate surface area is 192 Å². The number of hydrogen-bond donors (Lipinski definition) is 0. The van der Waals surface area contributed by atoms with Crippen molar-refractivity contribution in [1.29, 1.82) is 0 Å². The van der Waals surface area contributed by atoms with Crippen LogP contribution in [0.1, 0.15) is 12.8 Å². The van der Waals surface area contributed by atoms with Crippen LogP contribution in [0.5, 0.6) is 17.2 Å². The number of anilines is 1. The third-order valence-electron chi connectivity index (χ3n) is 5.70. The zero-order chi connectivity index (χ0) is 22.7. The van der Waals surface area contributed by atoms with Gasteiger partial charge in [0.25, 0.3) is 0 Å². The molecule has 0 N–H and O–H groups in total. The first-order chi connectivity index (χ1) is 15.5. The summed E-state index contributed by atoms with van der Waals surface area (Å²) in [5, 5.41) is 2.44. The van der Waals surface area contributed by atoms with Gasteiger partial charge in [-0.05, 0) is 37.1 Å². The molecule has 1 aliphatic rings. The second kappa shape index (κ2) is 9.38. The molecule has 1 fully saturated rings. The van der Waals surface area contributed by atoms with E-state index in [4.69, 9.17) is 19.2 Å². The van der Waals surface area contributed by atoms with E-state index in [9.17, 15) is 8.42 Å². The highest BCUT2D eigenvalue weighted by atomic mass is 32.2. The van der Waals surface area contributed by atoms with Gasteiger partial charge in [-0.2, -0.15) is 0 Å². The molecule has 0 radical (unpaired) electrons. The average Bonchev–Trinajstić information content (AvgIpc) is 3.33. The summed E-state index contributed by atoms with van der Waals surface area (Å²) in [6.07, 6.45) is 1.06. The minimum atomic E-state index is -3.52. The maximum absolute atomic E-state index is 13.3. The molecular formula is C23H26N2O5S2. The van der Waals surface area contributed by atoms with Crippen LogP contribution in [0, 0.1) is 0 Å². The number of aromatic nitrogens is 1. The molecule has 7 nitrogen and oxygen atoms in total. The third kappa shape index (κ3) is 4.27. The minimum absolute atomic E-state index is 0.215. The number of ether oxygens (including phenoxy) is 3. The molecule has 0 bridgehead atoms. The second-order valence-corrected chi connectivity index (χ2v) is 10.5. The van der Waals surface area contributed by atoms with Gasteiger partial charge in [-0.1, -0.05) is 12.1 Å². The molecule has 0 atom stereocenters. The van der Waals surface area contributed by atoms with Gasteiger partial charge in [-0.3, -0.25) is 0 Å². The Morgan fingerprint density at radius 2 is 1.69 bits per heavy atom. The van der Waals surface area contributed by atoms with Crippen molar-refractivity contribution in [2.24, 2.45) is 0 Å². The van der Waals surface area contributed by atoms with Crippen LogP contribution < -0.4 is 19.1 Å². The molecule has 1 aromatic heterocycles. The highest BCUT2D eigenvalue weighted by molar-refractivity contribution is 7.92. The van der Waals surface area contributed by atoms with Gasteiger partial charge in [0.15, 0.2) is 15.0 Å². The standard InChI is InChI=1S/C23H26N2O5S2/c1-28-16-8-9-22(21(14-16)30-3)32(26,27)17-10-12-25(13-11-17)23-24-19(15-31-23)18-6-4-5-7-20(18)29-2/h4-9,14-15,17H,10-13H2,1-3H3. The van der Waals surface area contributed by atoms with Gasteiger partial charge in [0, 0.05) is 30.1 Å². The molecule has 170 valence electrons. The third-order valence-corrected chi connectivity index (χ3v) is 8.90. The van der Waals surface area contributed by atoms with Crippen LogP contribution in [0.2, 0.25) is 0 Å². The maximum Gasteiger partial charge on any atom is 0.185 e. The molecule has 2 heterocycles. The molecule has 3 aromatic rings. The normalized spacial score (nSPS) is 14.9. The molecule has 0 aliphatic carbocycles. The van der Waals surface area contributed by atoms with Crippen LogP contribution >= 0.6 is 11.3 Å². The van der Waals surface area contributed by atoms with Crippen molar-refractivity contribution in [3.05, 3.63) is 47.8 Å². The van der Waals surface area contributed by atoms with E-state index < -0.39 is 15.1 Å². The number of nitrogens with zero attached hydrogens (tertiary/aromatic N) is 2. The smallest absolute Gasteiger partial charge is 0.185 e. The van der Waals surface area contributed by atoms with Crippen molar-refractivity contribution < 1.29 is 22.6 Å². The summed E-state index contributed by atoms with van der Waals surface area (Å²) in [6.45, 7) is 1.25. The monoisotopic (exact) mass is 474 g/mol. The van der Waals surface area contributed by atoms with Crippen LogP contribution in [0.3, 0.4) is 0 Å². The summed E-state index contributed by atoms with van der Waals surface area (Å²) in [4.78, 5) is 7.15. The molecule has 1 aliphatic heterocycles. The van der Waals surface area contributed by atoms with E-state index in [2.05, 4.69) is 4.90 Å². The molecular weight excluding hydrogens is 448 g/mol. The molecule has 4 rings (SSSR count). The number of piperidine rings is 1. The van der Waals surface area contributed by atoms with E-state index in [1.807, 2.05) is 29.6 Å². The van der Waals surface area contributed by atoms with Crippen LogP contribution in [-0.2, 0) is 9.84 Å². The Kier molecular flexibility index (Phi) is 6.57. The lowest BCUT2D eigenvalue weighted by Crippen LogP contribution is -2.39. The van der Waals surface area contributed by atoms with E-state index in [1.165, 1.54) is 14.2 Å². The van der Waals surface area contributed by atoms with E-state index in [0.29, 0.717) is 37.4 Å². The summed E-state index contributed by atoms with van der Waals surface area (Å²) in [5.41, 5.74) is 1.81.